The fourth-order valence-corrected chi connectivity index (χ4v) is 3.06. The fraction of sp³-hybridized carbons (Fsp3) is 0.571. The quantitative estimate of drug-likeness (QED) is 0.797. The Kier molecular flexibility index (Phi) is 3.16. The highest BCUT2D eigenvalue weighted by Gasteiger charge is 2.48. The average Bonchev–Trinajstić information content (AvgIpc) is 2.79. The van der Waals surface area contributed by atoms with Crippen molar-refractivity contribution in [3.8, 4) is 0 Å². The van der Waals surface area contributed by atoms with Crippen molar-refractivity contribution >= 4 is 22.0 Å². The highest BCUT2D eigenvalue weighted by atomic mass is 79.9. The van der Waals surface area contributed by atoms with Crippen LogP contribution in [0.15, 0.2) is 23.0 Å². The van der Waals surface area contributed by atoms with E-state index in [1.165, 1.54) is 0 Å². The fourth-order valence-electron chi connectivity index (χ4n) is 2.75. The van der Waals surface area contributed by atoms with Gasteiger partial charge in [0.05, 0.1) is 18.3 Å². The molecule has 0 unspecified atom stereocenters. The molecule has 1 aliphatic carbocycles. The smallest absolute Gasteiger partial charge is 0.411 e. The molecular formula is C14H18BrN3O2. The zero-order chi connectivity index (χ0) is 14.5. The molecule has 1 saturated heterocycles. The van der Waals surface area contributed by atoms with Crippen molar-refractivity contribution in [2.45, 2.75) is 44.9 Å². The highest BCUT2D eigenvalue weighted by Crippen LogP contribution is 2.45. The van der Waals surface area contributed by atoms with Crippen LogP contribution in [0.3, 0.4) is 0 Å². The van der Waals surface area contributed by atoms with E-state index < -0.39 is 5.60 Å². The lowest BCUT2D eigenvalue weighted by Crippen LogP contribution is -2.43. The Morgan fingerprint density at radius 3 is 2.75 bits per heavy atom. The van der Waals surface area contributed by atoms with Crippen LogP contribution in [-0.4, -0.2) is 32.6 Å². The van der Waals surface area contributed by atoms with Crippen molar-refractivity contribution in [3.63, 3.8) is 0 Å². The first-order valence-corrected chi connectivity index (χ1v) is 7.54. The molecule has 1 N–H and O–H groups in total. The summed E-state index contributed by atoms with van der Waals surface area (Å²) in [4.78, 5) is 21.8. The predicted molar refractivity (Wildman–Crippen MR) is 78.1 cm³/mol. The molecule has 0 radical (unpaired) electrons. The molecule has 0 bridgehead atoms. The summed E-state index contributed by atoms with van der Waals surface area (Å²) in [6, 6.07) is 0.0832. The number of carbonyl (C=O) groups is 1. The van der Waals surface area contributed by atoms with Crippen LogP contribution in [0, 0.1) is 5.92 Å². The molecule has 0 saturated carbocycles. The second kappa shape index (κ2) is 4.62. The lowest BCUT2D eigenvalue weighted by atomic mass is 9.89. The van der Waals surface area contributed by atoms with Crippen molar-refractivity contribution < 1.29 is 9.53 Å². The van der Waals surface area contributed by atoms with Crippen LogP contribution in [0.5, 0.6) is 0 Å². The lowest BCUT2D eigenvalue weighted by Gasteiger charge is -2.33. The predicted octanol–water partition coefficient (Wildman–Crippen LogP) is 3.41. The molecule has 3 rings (SSSR count). The van der Waals surface area contributed by atoms with Crippen molar-refractivity contribution in [3.05, 3.63) is 28.8 Å². The number of ether oxygens (including phenoxy) is 1. The molecule has 1 aliphatic heterocycles. The molecule has 1 aromatic rings. The van der Waals surface area contributed by atoms with Gasteiger partial charge < -0.3 is 9.72 Å². The van der Waals surface area contributed by atoms with Gasteiger partial charge in [0, 0.05) is 5.92 Å². The number of hydrogen-bond donors (Lipinski definition) is 1. The molecule has 2 heterocycles. The van der Waals surface area contributed by atoms with Crippen LogP contribution >= 0.6 is 15.9 Å². The summed E-state index contributed by atoms with van der Waals surface area (Å²) in [6.45, 7) is 5.65. The van der Waals surface area contributed by atoms with E-state index in [0.29, 0.717) is 5.92 Å². The maximum Gasteiger partial charge on any atom is 0.411 e. The zero-order valence-electron chi connectivity index (χ0n) is 11.8. The number of carbonyl (C=O) groups excluding carboxylic acids is 1. The van der Waals surface area contributed by atoms with E-state index in [2.05, 4.69) is 38.0 Å². The molecule has 5 nitrogen and oxygen atoms in total. The van der Waals surface area contributed by atoms with Crippen LogP contribution in [0.1, 0.15) is 39.1 Å². The summed E-state index contributed by atoms with van der Waals surface area (Å²) in [5.74, 6) is 1.22. The van der Waals surface area contributed by atoms with Crippen LogP contribution in [-0.2, 0) is 4.74 Å². The van der Waals surface area contributed by atoms with Gasteiger partial charge >= 0.3 is 6.09 Å². The maximum absolute atomic E-state index is 12.5. The summed E-state index contributed by atoms with van der Waals surface area (Å²) in [7, 11) is 0. The van der Waals surface area contributed by atoms with Gasteiger partial charge in [-0.15, -0.1) is 0 Å². The highest BCUT2D eigenvalue weighted by molar-refractivity contribution is 9.10. The van der Waals surface area contributed by atoms with Gasteiger partial charge in [0.1, 0.15) is 16.0 Å². The van der Waals surface area contributed by atoms with Gasteiger partial charge in [0.25, 0.3) is 0 Å². The van der Waals surface area contributed by atoms with E-state index in [4.69, 9.17) is 4.74 Å². The second-order valence-electron chi connectivity index (χ2n) is 6.29. The Balaban J connectivity index is 1.85. The number of amides is 1. The van der Waals surface area contributed by atoms with Gasteiger partial charge in [0.15, 0.2) is 0 Å². The van der Waals surface area contributed by atoms with Gasteiger partial charge in [-0.1, -0.05) is 12.2 Å². The number of imidazole rings is 1. The third-order valence-corrected chi connectivity index (χ3v) is 4.03. The molecule has 0 spiro atoms. The minimum absolute atomic E-state index is 0.0545. The summed E-state index contributed by atoms with van der Waals surface area (Å²) in [5, 5.41) is 0. The van der Waals surface area contributed by atoms with Crippen LogP contribution in [0.2, 0.25) is 0 Å². The number of H-pyrrole nitrogens is 1. The Morgan fingerprint density at radius 1 is 1.50 bits per heavy atom. The lowest BCUT2D eigenvalue weighted by molar-refractivity contribution is 0.0157. The third-order valence-electron chi connectivity index (χ3n) is 3.63. The molecule has 2 aliphatic rings. The molecular weight excluding hydrogens is 322 g/mol. The molecule has 1 amide bonds. The number of hydrogen-bond acceptors (Lipinski definition) is 3. The normalized spacial score (nSPS) is 28.2. The monoisotopic (exact) mass is 339 g/mol. The van der Waals surface area contributed by atoms with Gasteiger partial charge in [-0.2, -0.15) is 0 Å². The minimum Gasteiger partial charge on any atom is -0.444 e. The molecule has 1 fully saturated rings. The van der Waals surface area contributed by atoms with E-state index in [-0.39, 0.29) is 18.2 Å². The minimum atomic E-state index is -0.489. The number of fused-ring (bicyclic) bond motifs is 1. The van der Waals surface area contributed by atoms with Crippen LogP contribution in [0.25, 0.3) is 0 Å². The Bertz CT molecular complexity index is 561. The van der Waals surface area contributed by atoms with Crippen molar-refractivity contribution in [2.75, 3.05) is 0 Å². The first-order chi connectivity index (χ1) is 9.35. The van der Waals surface area contributed by atoms with Gasteiger partial charge in [-0.3, -0.25) is 4.90 Å². The number of nitrogens with zero attached hydrogens (tertiary/aromatic N) is 2. The van der Waals surface area contributed by atoms with E-state index >= 15 is 0 Å². The summed E-state index contributed by atoms with van der Waals surface area (Å²) in [6.07, 6.45) is 6.55. The molecule has 3 atom stereocenters. The number of halogens is 1. The van der Waals surface area contributed by atoms with Crippen molar-refractivity contribution in [1.29, 1.82) is 0 Å². The largest absolute Gasteiger partial charge is 0.444 e. The topological polar surface area (TPSA) is 58.2 Å². The van der Waals surface area contributed by atoms with Crippen LogP contribution in [0.4, 0.5) is 4.79 Å². The summed E-state index contributed by atoms with van der Waals surface area (Å²) in [5.41, 5.74) is -0.489. The second-order valence-corrected chi connectivity index (χ2v) is 7.15. The first-order valence-electron chi connectivity index (χ1n) is 6.75. The maximum atomic E-state index is 12.5. The van der Waals surface area contributed by atoms with Crippen molar-refractivity contribution in [1.82, 2.24) is 14.9 Å². The number of aromatic amines is 1. The van der Waals surface area contributed by atoms with Gasteiger partial charge in [-0.25, -0.2) is 9.78 Å². The standard InChI is InChI=1S/C14H18BrN3O2/c1-14(2,3)20-13(19)18-9-5-4-8(9)6-10(18)12-16-7-11(15)17-12/h4-5,7-10H,6H2,1-3H3,(H,16,17)/t8-,9-,10-/m0/s1. The number of aromatic nitrogens is 2. The van der Waals surface area contributed by atoms with E-state index in [9.17, 15) is 4.79 Å². The Labute approximate surface area is 126 Å². The number of likely N-dealkylation sites (tertiary alicyclic amines) is 1. The van der Waals surface area contributed by atoms with Gasteiger partial charge in [-0.05, 0) is 43.1 Å². The summed E-state index contributed by atoms with van der Waals surface area (Å²) >= 11 is 3.36. The first kappa shape index (κ1) is 13.7. The average molecular weight is 340 g/mol. The number of nitrogens with one attached hydrogen (secondary N) is 1. The van der Waals surface area contributed by atoms with Crippen molar-refractivity contribution in [2.24, 2.45) is 5.92 Å². The van der Waals surface area contributed by atoms with E-state index in [1.54, 1.807) is 11.1 Å². The third kappa shape index (κ3) is 2.37. The van der Waals surface area contributed by atoms with Crippen LogP contribution < -0.4 is 0 Å². The molecule has 108 valence electrons. The molecule has 0 aromatic carbocycles. The number of rotatable bonds is 1. The van der Waals surface area contributed by atoms with E-state index in [0.717, 1.165) is 16.8 Å². The van der Waals surface area contributed by atoms with Gasteiger partial charge in [0.2, 0.25) is 0 Å². The molecule has 20 heavy (non-hydrogen) atoms. The Hall–Kier alpha value is -1.30. The van der Waals surface area contributed by atoms with E-state index in [1.807, 2.05) is 20.8 Å². The SMILES string of the molecule is CC(C)(C)OC(=O)N1[C@H](c2ncc(Br)[nH]2)C[C@@H]2C=C[C@@H]21. The molecule has 1 aromatic heterocycles. The molecule has 6 heteroatoms. The summed E-state index contributed by atoms with van der Waals surface area (Å²) < 4.78 is 6.36. The zero-order valence-corrected chi connectivity index (χ0v) is 13.3. The Morgan fingerprint density at radius 2 is 2.25 bits per heavy atom.